The highest BCUT2D eigenvalue weighted by molar-refractivity contribution is 4.54. The van der Waals surface area contributed by atoms with Gasteiger partial charge in [0, 0.05) is 7.11 Å². The van der Waals surface area contributed by atoms with Crippen LogP contribution in [0.25, 0.3) is 0 Å². The maximum Gasteiger partial charge on any atom is 0.157 e. The molecule has 2 N–H and O–H groups in total. The molecule has 4 heteroatoms. The van der Waals surface area contributed by atoms with Crippen molar-refractivity contribution in [3.05, 3.63) is 0 Å². The summed E-state index contributed by atoms with van der Waals surface area (Å²) in [6.07, 6.45) is 17.3. The summed E-state index contributed by atoms with van der Waals surface area (Å²) in [5.74, 6) is 0. The van der Waals surface area contributed by atoms with E-state index in [-0.39, 0.29) is 19.5 Å². The highest BCUT2D eigenvalue weighted by Crippen LogP contribution is 2.14. The van der Waals surface area contributed by atoms with Gasteiger partial charge in [-0.25, -0.2) is 0 Å². The van der Waals surface area contributed by atoms with Crippen LogP contribution >= 0.6 is 0 Å². The second-order valence-corrected chi connectivity index (χ2v) is 6.87. The first-order valence-electron chi connectivity index (χ1n) is 10.2. The summed E-state index contributed by atoms with van der Waals surface area (Å²) in [5, 5.41) is 18.0. The van der Waals surface area contributed by atoms with Crippen molar-refractivity contribution in [3.63, 3.8) is 0 Å². The van der Waals surface area contributed by atoms with Crippen LogP contribution in [0.1, 0.15) is 96.8 Å². The molecule has 0 amide bonds. The van der Waals surface area contributed by atoms with E-state index in [1.165, 1.54) is 77.0 Å². The van der Waals surface area contributed by atoms with Crippen LogP contribution in [0.2, 0.25) is 0 Å². The van der Waals surface area contributed by atoms with Crippen molar-refractivity contribution in [3.8, 4) is 0 Å². The quantitative estimate of drug-likeness (QED) is 0.260. The molecule has 0 aliphatic carbocycles. The van der Waals surface area contributed by atoms with E-state index in [0.717, 1.165) is 12.8 Å². The summed E-state index contributed by atoms with van der Waals surface area (Å²) >= 11 is 0. The summed E-state index contributed by atoms with van der Waals surface area (Å²) in [6.45, 7) is 2.13. The lowest BCUT2D eigenvalue weighted by atomic mass is 10.0. The van der Waals surface area contributed by atoms with E-state index < -0.39 is 6.10 Å². The van der Waals surface area contributed by atoms with Crippen LogP contribution in [-0.2, 0) is 9.47 Å². The van der Waals surface area contributed by atoms with Gasteiger partial charge in [0.2, 0.25) is 0 Å². The van der Waals surface area contributed by atoms with E-state index in [0.29, 0.717) is 0 Å². The molecule has 2 unspecified atom stereocenters. The van der Waals surface area contributed by atoms with Gasteiger partial charge in [-0.3, -0.25) is 0 Å². The SMILES string of the molecule is CCCCCCCCCCCCCCCC(OC)OCC(O)CO. The number of aliphatic hydroxyl groups excluding tert-OH is 2. The predicted octanol–water partition coefficient (Wildman–Crippen LogP) is 4.81. The van der Waals surface area contributed by atoms with Crippen molar-refractivity contribution < 1.29 is 19.7 Å². The molecule has 0 aromatic carbocycles. The van der Waals surface area contributed by atoms with Crippen LogP contribution in [-0.4, -0.2) is 42.9 Å². The number of hydrogen-bond donors (Lipinski definition) is 2. The van der Waals surface area contributed by atoms with Crippen LogP contribution in [0.3, 0.4) is 0 Å². The standard InChI is InChI=1S/C20H42O4/c1-3-4-5-6-7-8-9-10-11-12-13-14-15-16-20(23-2)24-18-19(22)17-21/h19-22H,3-18H2,1-2H3. The Labute approximate surface area is 149 Å². The third-order valence-electron chi connectivity index (χ3n) is 4.49. The fourth-order valence-corrected chi connectivity index (χ4v) is 2.87. The first-order chi connectivity index (χ1) is 11.7. The van der Waals surface area contributed by atoms with Crippen molar-refractivity contribution in [2.24, 2.45) is 0 Å². The van der Waals surface area contributed by atoms with Gasteiger partial charge >= 0.3 is 0 Å². The van der Waals surface area contributed by atoms with E-state index >= 15 is 0 Å². The molecule has 0 spiro atoms. The third-order valence-corrected chi connectivity index (χ3v) is 4.49. The summed E-state index contributed by atoms with van der Waals surface area (Å²) in [6, 6.07) is 0. The fourth-order valence-electron chi connectivity index (χ4n) is 2.87. The van der Waals surface area contributed by atoms with Crippen molar-refractivity contribution in [2.75, 3.05) is 20.3 Å². The van der Waals surface area contributed by atoms with Crippen LogP contribution in [0, 0.1) is 0 Å². The van der Waals surface area contributed by atoms with E-state index in [2.05, 4.69) is 6.92 Å². The zero-order valence-corrected chi connectivity index (χ0v) is 16.2. The average Bonchev–Trinajstić information content (AvgIpc) is 2.61. The molecule has 24 heavy (non-hydrogen) atoms. The summed E-state index contributed by atoms with van der Waals surface area (Å²) in [7, 11) is 1.62. The molecule has 0 radical (unpaired) electrons. The van der Waals surface area contributed by atoms with Crippen molar-refractivity contribution in [1.82, 2.24) is 0 Å². The largest absolute Gasteiger partial charge is 0.394 e. The molecule has 0 heterocycles. The Balaban J connectivity index is 3.25. The molecule has 0 aliphatic rings. The van der Waals surface area contributed by atoms with E-state index in [9.17, 15) is 5.11 Å². The van der Waals surface area contributed by atoms with Crippen molar-refractivity contribution in [1.29, 1.82) is 0 Å². The lowest BCUT2D eigenvalue weighted by molar-refractivity contribution is -0.149. The average molecular weight is 347 g/mol. The Morgan fingerprint density at radius 1 is 0.750 bits per heavy atom. The Bertz CT molecular complexity index is 236. The smallest absolute Gasteiger partial charge is 0.157 e. The van der Waals surface area contributed by atoms with E-state index in [4.69, 9.17) is 14.6 Å². The number of methoxy groups -OCH3 is 1. The molecule has 2 atom stereocenters. The first-order valence-corrected chi connectivity index (χ1v) is 10.2. The van der Waals surface area contributed by atoms with Crippen LogP contribution < -0.4 is 0 Å². The minimum Gasteiger partial charge on any atom is -0.394 e. The number of ether oxygens (including phenoxy) is 2. The van der Waals surface area contributed by atoms with Crippen LogP contribution in [0.4, 0.5) is 0 Å². The Morgan fingerprint density at radius 3 is 1.62 bits per heavy atom. The molecular formula is C20H42O4. The first kappa shape index (κ1) is 23.8. The van der Waals surface area contributed by atoms with Crippen LogP contribution in [0.5, 0.6) is 0 Å². The van der Waals surface area contributed by atoms with Gasteiger partial charge < -0.3 is 19.7 Å². The Morgan fingerprint density at radius 2 is 1.21 bits per heavy atom. The van der Waals surface area contributed by atoms with E-state index in [1.807, 2.05) is 0 Å². The number of unbranched alkanes of at least 4 members (excludes halogenated alkanes) is 12. The molecule has 0 aliphatic heterocycles. The second-order valence-electron chi connectivity index (χ2n) is 6.87. The van der Waals surface area contributed by atoms with Gasteiger partial charge in [-0.1, -0.05) is 84.0 Å². The second kappa shape index (κ2) is 19.2. The Hall–Kier alpha value is -0.160. The van der Waals surface area contributed by atoms with Crippen LogP contribution in [0.15, 0.2) is 0 Å². The molecule has 0 bridgehead atoms. The fraction of sp³-hybridized carbons (Fsp3) is 1.00. The number of rotatable bonds is 19. The Kier molecular flexibility index (Phi) is 19.0. The normalized spacial score (nSPS) is 14.0. The maximum atomic E-state index is 9.26. The lowest BCUT2D eigenvalue weighted by Crippen LogP contribution is -2.25. The minimum absolute atomic E-state index is 0.132. The summed E-state index contributed by atoms with van der Waals surface area (Å²) < 4.78 is 10.7. The van der Waals surface area contributed by atoms with Gasteiger partial charge in [-0.15, -0.1) is 0 Å². The lowest BCUT2D eigenvalue weighted by Gasteiger charge is -2.17. The summed E-state index contributed by atoms with van der Waals surface area (Å²) in [5.41, 5.74) is 0. The highest BCUT2D eigenvalue weighted by atomic mass is 16.7. The minimum atomic E-state index is -0.811. The molecule has 0 saturated carbocycles. The van der Waals surface area contributed by atoms with E-state index in [1.54, 1.807) is 7.11 Å². The zero-order valence-electron chi connectivity index (χ0n) is 16.2. The van der Waals surface area contributed by atoms with Gasteiger partial charge in [0.15, 0.2) is 6.29 Å². The monoisotopic (exact) mass is 346 g/mol. The molecule has 0 fully saturated rings. The number of aliphatic hydroxyl groups is 2. The van der Waals surface area contributed by atoms with Crippen molar-refractivity contribution >= 4 is 0 Å². The predicted molar refractivity (Wildman–Crippen MR) is 100 cm³/mol. The van der Waals surface area contributed by atoms with Gasteiger partial charge in [0.1, 0.15) is 6.10 Å². The molecule has 146 valence electrons. The molecule has 0 aromatic rings. The summed E-state index contributed by atoms with van der Waals surface area (Å²) in [4.78, 5) is 0. The molecular weight excluding hydrogens is 304 g/mol. The van der Waals surface area contributed by atoms with Gasteiger partial charge in [0.25, 0.3) is 0 Å². The highest BCUT2D eigenvalue weighted by Gasteiger charge is 2.10. The third kappa shape index (κ3) is 16.7. The molecule has 0 saturated heterocycles. The molecule has 0 rings (SSSR count). The van der Waals surface area contributed by atoms with Gasteiger partial charge in [-0.2, -0.15) is 0 Å². The maximum absolute atomic E-state index is 9.26. The van der Waals surface area contributed by atoms with Crippen molar-refractivity contribution in [2.45, 2.75) is 109 Å². The topological polar surface area (TPSA) is 58.9 Å². The van der Waals surface area contributed by atoms with Gasteiger partial charge in [-0.05, 0) is 12.8 Å². The molecule has 0 aromatic heterocycles. The zero-order chi connectivity index (χ0) is 17.9. The van der Waals surface area contributed by atoms with Gasteiger partial charge in [0.05, 0.1) is 13.2 Å². The number of hydrogen-bond acceptors (Lipinski definition) is 4. The molecule has 4 nitrogen and oxygen atoms in total.